The van der Waals surface area contributed by atoms with Crippen LogP contribution in [0.25, 0.3) is 16.7 Å². The van der Waals surface area contributed by atoms with Crippen molar-refractivity contribution in [2.45, 2.75) is 27.7 Å². The summed E-state index contributed by atoms with van der Waals surface area (Å²) in [6.45, 7) is 8.00. The number of rotatable bonds is 1. The van der Waals surface area contributed by atoms with E-state index in [1.54, 1.807) is 6.07 Å². The van der Waals surface area contributed by atoms with Crippen molar-refractivity contribution < 1.29 is 5.11 Å². The summed E-state index contributed by atoms with van der Waals surface area (Å²) in [5.41, 5.74) is 3.15. The third kappa shape index (κ3) is 1.93. The molecule has 0 atom stereocenters. The molecule has 1 N–H and O–H groups in total. The molecule has 106 valence electrons. The number of phenolic OH excluding ortho intramolecular Hbond substituents is 1. The van der Waals surface area contributed by atoms with Crippen LogP contribution in [0.15, 0.2) is 48.5 Å². The van der Waals surface area contributed by atoms with E-state index in [-0.39, 0.29) is 0 Å². The van der Waals surface area contributed by atoms with Crippen LogP contribution in [0, 0.1) is 0 Å². The van der Waals surface area contributed by atoms with Gasteiger partial charge in [-0.25, -0.2) is 0 Å². The van der Waals surface area contributed by atoms with Crippen LogP contribution in [-0.4, -0.2) is 19.2 Å². The zero-order chi connectivity index (χ0) is 14.7. The summed E-state index contributed by atoms with van der Waals surface area (Å²) >= 11 is 0. The molecule has 0 aliphatic carbocycles. The molecule has 20 heavy (non-hydrogen) atoms. The molecule has 0 aliphatic rings. The van der Waals surface area contributed by atoms with Gasteiger partial charge in [-0.2, -0.15) is 0 Å². The SMILES string of the molecule is CC.CC.Oc1ccccc1-n1n2c3ccccc3n12. The predicted molar refractivity (Wildman–Crippen MR) is 83.2 cm³/mol. The number of nitrogens with zero attached hydrogens (tertiary/aromatic N) is 3. The number of aromatic nitrogens is 3. The van der Waals surface area contributed by atoms with Crippen LogP contribution in [0.3, 0.4) is 0 Å². The van der Waals surface area contributed by atoms with Crippen molar-refractivity contribution in [2.24, 2.45) is 0 Å². The zero-order valence-corrected chi connectivity index (χ0v) is 12.4. The molecule has 0 radical (unpaired) electrons. The lowest BCUT2D eigenvalue weighted by molar-refractivity contribution is 0.472. The Morgan fingerprint density at radius 1 is 0.700 bits per heavy atom. The Labute approximate surface area is 118 Å². The van der Waals surface area contributed by atoms with Crippen LogP contribution >= 0.6 is 0 Å². The quantitative estimate of drug-likeness (QED) is 0.553. The third-order valence-electron chi connectivity index (χ3n) is 2.92. The van der Waals surface area contributed by atoms with Gasteiger partial charge in [-0.05, 0) is 24.3 Å². The average Bonchev–Trinajstić information content (AvgIpc) is 3.18. The average molecular weight is 271 g/mol. The molecule has 2 aromatic heterocycles. The molecule has 0 saturated carbocycles. The lowest BCUT2D eigenvalue weighted by Crippen LogP contribution is -1.87. The van der Waals surface area contributed by atoms with Crippen molar-refractivity contribution in [2.75, 3.05) is 0 Å². The van der Waals surface area contributed by atoms with Crippen molar-refractivity contribution in [1.29, 1.82) is 0 Å². The molecule has 0 spiro atoms. The molecule has 2 aromatic carbocycles. The lowest BCUT2D eigenvalue weighted by Gasteiger charge is -1.95. The number of aromatic hydroxyl groups is 1. The second-order valence-electron chi connectivity index (χ2n) is 3.85. The van der Waals surface area contributed by atoms with E-state index in [2.05, 4.69) is 12.1 Å². The Hall–Kier alpha value is -2.36. The van der Waals surface area contributed by atoms with E-state index < -0.39 is 0 Å². The van der Waals surface area contributed by atoms with Gasteiger partial charge in [0.2, 0.25) is 0 Å². The van der Waals surface area contributed by atoms with Gasteiger partial charge >= 0.3 is 0 Å². The van der Waals surface area contributed by atoms with Crippen molar-refractivity contribution in [3.05, 3.63) is 48.5 Å². The first-order valence-electron chi connectivity index (χ1n) is 7.15. The molecule has 2 heterocycles. The summed E-state index contributed by atoms with van der Waals surface area (Å²) in [7, 11) is 0. The van der Waals surface area contributed by atoms with Crippen LogP contribution in [-0.2, 0) is 0 Å². The maximum Gasteiger partial charge on any atom is 0.143 e. The molecule has 4 heteroatoms. The maximum atomic E-state index is 9.77. The Morgan fingerprint density at radius 3 is 1.65 bits per heavy atom. The Balaban J connectivity index is 0.000000340. The molecule has 4 nitrogen and oxygen atoms in total. The van der Waals surface area contributed by atoms with Gasteiger partial charge in [0.1, 0.15) is 22.5 Å². The second-order valence-corrected chi connectivity index (χ2v) is 3.85. The summed E-state index contributed by atoms with van der Waals surface area (Å²) in [5.74, 6) is 0.294. The summed E-state index contributed by atoms with van der Waals surface area (Å²) in [4.78, 5) is 1.94. The summed E-state index contributed by atoms with van der Waals surface area (Å²) in [6.07, 6.45) is 0. The Kier molecular flexibility index (Phi) is 4.03. The van der Waals surface area contributed by atoms with Crippen LogP contribution in [0.5, 0.6) is 5.75 Å². The third-order valence-corrected chi connectivity index (χ3v) is 2.92. The molecular weight excluding hydrogens is 250 g/mol. The van der Waals surface area contributed by atoms with Gasteiger partial charge in [0, 0.05) is 0 Å². The lowest BCUT2D eigenvalue weighted by atomic mass is 10.3. The fraction of sp³-hybridized carbons (Fsp3) is 0.250. The summed E-state index contributed by atoms with van der Waals surface area (Å²) in [5, 5.41) is 9.77. The highest BCUT2D eigenvalue weighted by Crippen LogP contribution is 2.29. The number of hydrogen-bond donors (Lipinski definition) is 1. The van der Waals surface area contributed by atoms with E-state index in [9.17, 15) is 5.11 Å². The number of phenols is 1. The van der Waals surface area contributed by atoms with Crippen molar-refractivity contribution >= 4 is 11.0 Å². The zero-order valence-electron chi connectivity index (χ0n) is 12.4. The van der Waals surface area contributed by atoms with Crippen LogP contribution in [0.2, 0.25) is 0 Å². The minimum atomic E-state index is 0.294. The van der Waals surface area contributed by atoms with E-state index in [4.69, 9.17) is 0 Å². The van der Waals surface area contributed by atoms with Gasteiger partial charge in [0.25, 0.3) is 0 Å². The largest absolute Gasteiger partial charge is 0.506 e. The van der Waals surface area contributed by atoms with Crippen LogP contribution in [0.4, 0.5) is 0 Å². The number of fused-ring (bicyclic) bond motifs is 4. The first-order chi connectivity index (χ1) is 9.88. The van der Waals surface area contributed by atoms with Crippen molar-refractivity contribution in [3.8, 4) is 11.4 Å². The van der Waals surface area contributed by atoms with E-state index in [0.29, 0.717) is 5.75 Å². The Morgan fingerprint density at radius 2 is 1.15 bits per heavy atom. The number of benzene rings is 2. The maximum absolute atomic E-state index is 9.77. The van der Waals surface area contributed by atoms with Gasteiger partial charge in [0.05, 0.1) is 0 Å². The Bertz CT molecular complexity index is 734. The van der Waals surface area contributed by atoms with Crippen molar-refractivity contribution in [3.63, 3.8) is 0 Å². The van der Waals surface area contributed by atoms with E-state index in [1.165, 1.54) is 11.0 Å². The molecule has 0 aliphatic heterocycles. The van der Waals surface area contributed by atoms with Gasteiger partial charge in [0.15, 0.2) is 0 Å². The minimum Gasteiger partial charge on any atom is -0.506 e. The smallest absolute Gasteiger partial charge is 0.143 e. The highest BCUT2D eigenvalue weighted by atomic mass is 16.3. The fourth-order valence-electron chi connectivity index (χ4n) is 2.13. The van der Waals surface area contributed by atoms with Crippen molar-refractivity contribution in [1.82, 2.24) is 14.1 Å². The second kappa shape index (κ2) is 5.74. The molecule has 0 saturated heterocycles. The predicted octanol–water partition coefficient (Wildman–Crippen LogP) is 4.18. The molecule has 4 rings (SSSR count). The van der Waals surface area contributed by atoms with Gasteiger partial charge in [-0.15, -0.1) is 14.1 Å². The monoisotopic (exact) mass is 271 g/mol. The molecule has 0 bridgehead atoms. The van der Waals surface area contributed by atoms with Crippen LogP contribution in [0.1, 0.15) is 27.7 Å². The molecular formula is C16H21N3O. The standard InChI is InChI=1S/C12H9N3O.2C2H6/c16-12-8-4-3-7-11(12)15-13-9-5-1-2-6-10(9)14(13)15;2*1-2/h1-8,16H;2*1-2H3. The normalized spacial score (nSPS) is 10.2. The van der Waals surface area contributed by atoms with E-state index in [1.807, 2.05) is 72.1 Å². The summed E-state index contributed by atoms with van der Waals surface area (Å²) < 4.78 is 4.04. The van der Waals surface area contributed by atoms with E-state index >= 15 is 0 Å². The first-order valence-corrected chi connectivity index (χ1v) is 7.15. The van der Waals surface area contributed by atoms with Gasteiger partial charge < -0.3 is 5.11 Å². The van der Waals surface area contributed by atoms with E-state index in [0.717, 1.165) is 5.69 Å². The molecule has 0 amide bonds. The van der Waals surface area contributed by atoms with Gasteiger partial charge in [-0.1, -0.05) is 52.0 Å². The summed E-state index contributed by atoms with van der Waals surface area (Å²) in [6, 6.07) is 15.5. The first kappa shape index (κ1) is 14.1. The highest BCUT2D eigenvalue weighted by molar-refractivity contribution is 5.79. The number of hydrogen-bond acceptors (Lipinski definition) is 1. The molecule has 0 fully saturated rings. The molecule has 0 unspecified atom stereocenters. The van der Waals surface area contributed by atoms with Gasteiger partial charge in [-0.3, -0.25) is 0 Å². The van der Waals surface area contributed by atoms with Crippen LogP contribution < -0.4 is 0 Å². The highest BCUT2D eigenvalue weighted by Gasteiger charge is 2.24. The minimum absolute atomic E-state index is 0.294. The fourth-order valence-corrected chi connectivity index (χ4v) is 2.13. The molecule has 4 aromatic rings. The topological polar surface area (TPSA) is 34.0 Å². The number of para-hydroxylation sites is 4.